The van der Waals surface area contributed by atoms with Crippen LogP contribution in [0.4, 0.5) is 0 Å². The van der Waals surface area contributed by atoms with Crippen LogP contribution in [-0.2, 0) is 23.4 Å². The van der Waals surface area contributed by atoms with E-state index in [2.05, 4.69) is 62.3 Å². The molecule has 0 aromatic heterocycles. The first-order valence-electron chi connectivity index (χ1n) is 16.8. The largest absolute Gasteiger partial charge is 0.433 e. The molecule has 1 rings (SSSR count). The van der Waals surface area contributed by atoms with Gasteiger partial charge in [0.05, 0.1) is 18.8 Å². The minimum atomic E-state index is -0.217. The van der Waals surface area contributed by atoms with Crippen LogP contribution in [0.3, 0.4) is 0 Å². The molecule has 0 aliphatic carbocycles. The van der Waals surface area contributed by atoms with Gasteiger partial charge in [0.25, 0.3) is 27.7 Å². The quantitative estimate of drug-likeness (QED) is 0.0861. The molecule has 226 valence electrons. The van der Waals surface area contributed by atoms with Crippen molar-refractivity contribution in [3.05, 3.63) is 0 Å². The maximum atomic E-state index is 6.98. The van der Waals surface area contributed by atoms with Gasteiger partial charge in [-0.3, -0.25) is 0 Å². The molecular formula is C29H62B4O5S. The summed E-state index contributed by atoms with van der Waals surface area (Å²) < 4.78 is 34.1. The molecule has 1 aliphatic rings. The van der Waals surface area contributed by atoms with Crippen LogP contribution in [0.15, 0.2) is 0 Å². The van der Waals surface area contributed by atoms with Crippen molar-refractivity contribution in [3.8, 4) is 0 Å². The van der Waals surface area contributed by atoms with Crippen LogP contribution in [0.1, 0.15) is 94.4 Å². The fourth-order valence-corrected chi connectivity index (χ4v) is 6.61. The molecule has 1 fully saturated rings. The predicted molar refractivity (Wildman–Crippen MR) is 177 cm³/mol. The molecule has 10 heteroatoms. The van der Waals surface area contributed by atoms with Crippen LogP contribution in [0, 0.1) is 0 Å². The smallest absolute Gasteiger partial charge is 0.293 e. The first-order valence-corrected chi connectivity index (χ1v) is 17.9. The molecule has 0 amide bonds. The van der Waals surface area contributed by atoms with E-state index in [-0.39, 0.29) is 57.5 Å². The third-order valence-corrected chi connectivity index (χ3v) is 9.54. The van der Waals surface area contributed by atoms with Crippen LogP contribution in [0.5, 0.6) is 0 Å². The van der Waals surface area contributed by atoms with E-state index < -0.39 is 0 Å². The van der Waals surface area contributed by atoms with Gasteiger partial charge in [-0.1, -0.05) is 139 Å². The minimum Gasteiger partial charge on any atom is -0.433 e. The summed E-state index contributed by atoms with van der Waals surface area (Å²) in [5, 5.41) is 0. The Labute approximate surface area is 249 Å². The number of thioether (sulfide) groups is 1. The SMILES string of the molecule is CCCCCCCSC1O[C@H](COB(CC)CC)[C@H](OB(CC)CC)[C@H](OB(CC)CC)[C@H]1OB(CC)CC. The maximum absolute atomic E-state index is 6.98. The first kappa shape index (κ1) is 37.4. The highest BCUT2D eigenvalue weighted by atomic mass is 32.2. The number of unbranched alkanes of at least 4 members (excludes halogenated alkanes) is 4. The standard InChI is InChI=1S/C29H62B4O5S/c1-10-19-20-21-22-23-39-29-28(38-33(17-8)18-9)27(37-32(15-6)16-7)26(36-31(13-4)14-5)25(35-29)24-34-30(11-2)12-3/h25-29H,10-24H2,1-9H3/t25-,26+,27+,28-,29?/m1/s1. The van der Waals surface area contributed by atoms with E-state index >= 15 is 0 Å². The van der Waals surface area contributed by atoms with E-state index in [0.29, 0.717) is 6.61 Å². The predicted octanol–water partition coefficient (Wildman–Crippen LogP) is 8.71. The van der Waals surface area contributed by atoms with E-state index in [1.54, 1.807) is 0 Å². The average Bonchev–Trinajstić information content (AvgIpc) is 2.96. The molecule has 1 unspecified atom stereocenters. The van der Waals surface area contributed by atoms with E-state index in [1.165, 1.54) is 32.1 Å². The number of hydrogen-bond donors (Lipinski definition) is 0. The Bertz CT molecular complexity index is 566. The number of ether oxygens (including phenoxy) is 1. The van der Waals surface area contributed by atoms with Crippen molar-refractivity contribution in [2.24, 2.45) is 0 Å². The fourth-order valence-electron chi connectivity index (χ4n) is 5.38. The Balaban J connectivity index is 3.36. The van der Waals surface area contributed by atoms with Gasteiger partial charge in [0.2, 0.25) is 0 Å². The summed E-state index contributed by atoms with van der Waals surface area (Å²) in [5.41, 5.74) is -0.0898. The Morgan fingerprint density at radius 1 is 0.538 bits per heavy atom. The first-order chi connectivity index (χ1) is 19.0. The van der Waals surface area contributed by atoms with Gasteiger partial charge in [0, 0.05) is 0 Å². The summed E-state index contributed by atoms with van der Waals surface area (Å²) >= 11 is 1.92. The monoisotopic (exact) mass is 566 g/mol. The van der Waals surface area contributed by atoms with E-state index in [1.807, 2.05) is 11.8 Å². The second-order valence-corrected chi connectivity index (χ2v) is 12.4. The Hall–Kier alpha value is 0.410. The third kappa shape index (κ3) is 13.5. The molecule has 0 spiro atoms. The van der Waals surface area contributed by atoms with Gasteiger partial charge in [-0.25, -0.2) is 0 Å². The van der Waals surface area contributed by atoms with Crippen molar-refractivity contribution in [3.63, 3.8) is 0 Å². The van der Waals surface area contributed by atoms with Crippen LogP contribution < -0.4 is 0 Å². The van der Waals surface area contributed by atoms with Crippen molar-refractivity contribution >= 4 is 39.4 Å². The average molecular weight is 566 g/mol. The van der Waals surface area contributed by atoms with Crippen molar-refractivity contribution in [2.75, 3.05) is 12.4 Å². The zero-order valence-electron chi connectivity index (χ0n) is 27.3. The summed E-state index contributed by atoms with van der Waals surface area (Å²) in [6.07, 6.45) is 13.5. The third-order valence-electron chi connectivity index (χ3n) is 8.31. The van der Waals surface area contributed by atoms with Gasteiger partial charge in [0.15, 0.2) is 0 Å². The Morgan fingerprint density at radius 2 is 1.00 bits per heavy atom. The molecule has 1 heterocycles. The lowest BCUT2D eigenvalue weighted by Crippen LogP contribution is -2.63. The molecule has 1 saturated heterocycles. The Morgan fingerprint density at radius 3 is 1.49 bits per heavy atom. The van der Waals surface area contributed by atoms with Gasteiger partial charge in [-0.05, 0) is 12.2 Å². The molecule has 0 bridgehead atoms. The second kappa shape index (κ2) is 22.9. The van der Waals surface area contributed by atoms with Gasteiger partial charge in [-0.15, -0.1) is 11.8 Å². The molecule has 39 heavy (non-hydrogen) atoms. The van der Waals surface area contributed by atoms with Gasteiger partial charge in [0.1, 0.15) is 17.6 Å². The fraction of sp³-hybridized carbons (Fsp3) is 1.00. The van der Waals surface area contributed by atoms with Gasteiger partial charge < -0.3 is 23.4 Å². The molecule has 0 saturated carbocycles. The van der Waals surface area contributed by atoms with Crippen LogP contribution >= 0.6 is 11.8 Å². The van der Waals surface area contributed by atoms with Crippen molar-refractivity contribution < 1.29 is 23.4 Å². The zero-order chi connectivity index (χ0) is 29.0. The van der Waals surface area contributed by atoms with Gasteiger partial charge >= 0.3 is 0 Å². The summed E-state index contributed by atoms with van der Waals surface area (Å²) in [7, 11) is 0. The molecule has 5 nitrogen and oxygen atoms in total. The molecule has 0 aromatic rings. The van der Waals surface area contributed by atoms with Gasteiger partial charge in [-0.2, -0.15) is 0 Å². The number of hydrogen-bond acceptors (Lipinski definition) is 6. The molecule has 0 N–H and O–H groups in total. The lowest BCUT2D eigenvalue weighted by atomic mass is 9.61. The van der Waals surface area contributed by atoms with E-state index in [0.717, 1.165) is 56.3 Å². The summed E-state index contributed by atoms with van der Waals surface area (Å²) in [6.45, 7) is 21.3. The molecule has 5 atom stereocenters. The maximum Gasteiger partial charge on any atom is 0.293 e. The zero-order valence-corrected chi connectivity index (χ0v) is 28.1. The van der Waals surface area contributed by atoms with Crippen LogP contribution in [0.2, 0.25) is 50.6 Å². The van der Waals surface area contributed by atoms with Crippen molar-refractivity contribution in [2.45, 2.75) is 175 Å². The Kier molecular flexibility index (Phi) is 22.0. The van der Waals surface area contributed by atoms with E-state index in [4.69, 9.17) is 23.4 Å². The van der Waals surface area contributed by atoms with Crippen molar-refractivity contribution in [1.29, 1.82) is 0 Å². The summed E-state index contributed by atoms with van der Waals surface area (Å²) in [6, 6.07) is 0. The molecule has 0 radical (unpaired) electrons. The summed E-state index contributed by atoms with van der Waals surface area (Å²) in [5.74, 6) is 1.08. The topological polar surface area (TPSA) is 46.2 Å². The number of rotatable bonds is 24. The molecule has 0 aromatic carbocycles. The van der Waals surface area contributed by atoms with Crippen LogP contribution in [0.25, 0.3) is 0 Å². The lowest BCUT2D eigenvalue weighted by molar-refractivity contribution is -0.186. The van der Waals surface area contributed by atoms with Crippen molar-refractivity contribution in [1.82, 2.24) is 0 Å². The highest BCUT2D eigenvalue weighted by Crippen LogP contribution is 2.37. The highest BCUT2D eigenvalue weighted by molar-refractivity contribution is 7.99. The van der Waals surface area contributed by atoms with E-state index in [9.17, 15) is 0 Å². The second-order valence-electron chi connectivity index (χ2n) is 11.2. The summed E-state index contributed by atoms with van der Waals surface area (Å²) in [4.78, 5) is 0. The minimum absolute atomic E-state index is 0.0898. The molecule has 1 aliphatic heterocycles. The lowest BCUT2D eigenvalue weighted by Gasteiger charge is -2.49. The normalized spacial score (nSPS) is 23.2. The van der Waals surface area contributed by atoms with Crippen LogP contribution in [-0.4, -0.2) is 69.9 Å². The molecular weight excluding hydrogens is 504 g/mol. The highest BCUT2D eigenvalue weighted by Gasteiger charge is 2.50.